The smallest absolute Gasteiger partial charge is 0.261 e. The Bertz CT molecular complexity index is 844. The van der Waals surface area contributed by atoms with Gasteiger partial charge in [0.15, 0.2) is 0 Å². The fourth-order valence-electron chi connectivity index (χ4n) is 2.53. The zero-order valence-corrected chi connectivity index (χ0v) is 15.7. The summed E-state index contributed by atoms with van der Waals surface area (Å²) in [6, 6.07) is 10.1. The molecule has 0 fully saturated rings. The summed E-state index contributed by atoms with van der Waals surface area (Å²) >= 11 is 1.43. The quantitative estimate of drug-likeness (QED) is 0.750. The van der Waals surface area contributed by atoms with E-state index in [1.54, 1.807) is 23.4 Å². The van der Waals surface area contributed by atoms with Gasteiger partial charge in [-0.15, -0.1) is 10.2 Å². The molecule has 1 amide bonds. The minimum absolute atomic E-state index is 0.0745. The second-order valence-electron chi connectivity index (χ2n) is 6.87. The molecule has 3 rings (SSSR count). The largest absolute Gasteiger partial charge is 0.367 e. The second kappa shape index (κ2) is 6.80. The summed E-state index contributed by atoms with van der Waals surface area (Å²) in [4.78, 5) is 17.1. The molecular formula is C19H22N4OS. The van der Waals surface area contributed by atoms with Gasteiger partial charge >= 0.3 is 0 Å². The van der Waals surface area contributed by atoms with Crippen LogP contribution >= 0.6 is 11.3 Å². The van der Waals surface area contributed by atoms with Crippen molar-refractivity contribution in [3.63, 3.8) is 0 Å². The number of hydrogen-bond donors (Lipinski definition) is 1. The third kappa shape index (κ3) is 3.64. The van der Waals surface area contributed by atoms with Gasteiger partial charge < -0.3 is 4.98 Å². The number of carbonyl (C=O) groups excluding carboxylic acids is 1. The number of benzene rings is 1. The zero-order valence-electron chi connectivity index (χ0n) is 14.9. The molecule has 5 nitrogen and oxygen atoms in total. The Kier molecular flexibility index (Phi) is 4.72. The minimum atomic E-state index is -0.0745. The third-order valence-electron chi connectivity index (χ3n) is 4.05. The lowest BCUT2D eigenvalue weighted by Crippen LogP contribution is -2.30. The standard InChI is InChI=1S/C19H22N4OS/c1-5-23(17(24)14-10-11-20-12-14)18-22-21-16(25-18)13-6-8-15(9-7-13)19(2,3)4/h6-12,20H,5H2,1-4H3. The van der Waals surface area contributed by atoms with E-state index in [0.29, 0.717) is 17.2 Å². The molecule has 6 heteroatoms. The lowest BCUT2D eigenvalue weighted by atomic mass is 9.87. The van der Waals surface area contributed by atoms with Crippen LogP contribution < -0.4 is 4.90 Å². The van der Waals surface area contributed by atoms with E-state index in [1.807, 2.05) is 6.92 Å². The predicted octanol–water partition coefficient (Wildman–Crippen LogP) is 4.50. The monoisotopic (exact) mass is 354 g/mol. The highest BCUT2D eigenvalue weighted by Crippen LogP contribution is 2.31. The van der Waals surface area contributed by atoms with Gasteiger partial charge in [-0.05, 0) is 24.0 Å². The molecule has 0 bridgehead atoms. The van der Waals surface area contributed by atoms with Crippen LogP contribution in [0.3, 0.4) is 0 Å². The molecule has 1 aromatic carbocycles. The number of amides is 1. The molecule has 0 aliphatic heterocycles. The first kappa shape index (κ1) is 17.4. The van der Waals surface area contributed by atoms with Gasteiger partial charge in [0.25, 0.3) is 5.91 Å². The highest BCUT2D eigenvalue weighted by molar-refractivity contribution is 7.18. The highest BCUT2D eigenvalue weighted by Gasteiger charge is 2.21. The summed E-state index contributed by atoms with van der Waals surface area (Å²) < 4.78 is 0. The number of aromatic nitrogens is 3. The van der Waals surface area contributed by atoms with Crippen molar-refractivity contribution in [2.45, 2.75) is 33.1 Å². The number of nitrogens with zero attached hydrogens (tertiary/aromatic N) is 3. The number of carbonyl (C=O) groups is 1. The average molecular weight is 354 g/mol. The van der Waals surface area contributed by atoms with Crippen LogP contribution in [0.2, 0.25) is 0 Å². The van der Waals surface area contributed by atoms with Gasteiger partial charge in [0, 0.05) is 24.5 Å². The Balaban J connectivity index is 1.85. The van der Waals surface area contributed by atoms with Crippen LogP contribution in [0.4, 0.5) is 5.13 Å². The van der Waals surface area contributed by atoms with E-state index in [1.165, 1.54) is 16.9 Å². The van der Waals surface area contributed by atoms with Crippen molar-refractivity contribution in [3.05, 3.63) is 53.9 Å². The fourth-order valence-corrected chi connectivity index (χ4v) is 3.44. The minimum Gasteiger partial charge on any atom is -0.367 e. The summed E-state index contributed by atoms with van der Waals surface area (Å²) in [5.41, 5.74) is 3.03. The van der Waals surface area contributed by atoms with Crippen LogP contribution in [0, 0.1) is 0 Å². The molecule has 3 aromatic rings. The Labute approximate surface area is 151 Å². The molecule has 0 aliphatic rings. The van der Waals surface area contributed by atoms with Crippen LogP contribution in [0.1, 0.15) is 43.6 Å². The van der Waals surface area contributed by atoms with E-state index in [4.69, 9.17) is 0 Å². The zero-order chi connectivity index (χ0) is 18.0. The molecule has 0 saturated carbocycles. The number of nitrogens with one attached hydrogen (secondary N) is 1. The van der Waals surface area contributed by atoms with Crippen LogP contribution in [-0.2, 0) is 5.41 Å². The topological polar surface area (TPSA) is 61.9 Å². The molecule has 0 spiro atoms. The summed E-state index contributed by atoms with van der Waals surface area (Å²) in [5, 5.41) is 9.94. The SMILES string of the molecule is CCN(C(=O)c1cc[nH]c1)c1nnc(-c2ccc(C(C)(C)C)cc2)s1. The van der Waals surface area contributed by atoms with Gasteiger partial charge in [-0.1, -0.05) is 56.4 Å². The molecule has 0 radical (unpaired) electrons. The Morgan fingerprint density at radius 1 is 1.16 bits per heavy atom. The van der Waals surface area contributed by atoms with Gasteiger partial charge in [-0.25, -0.2) is 0 Å². The average Bonchev–Trinajstić information content (AvgIpc) is 3.27. The molecule has 0 saturated heterocycles. The van der Waals surface area contributed by atoms with Gasteiger partial charge in [0.1, 0.15) is 5.01 Å². The van der Waals surface area contributed by atoms with E-state index in [9.17, 15) is 4.79 Å². The van der Waals surface area contributed by atoms with Gasteiger partial charge in [-0.3, -0.25) is 9.69 Å². The van der Waals surface area contributed by atoms with Gasteiger partial charge in [0.05, 0.1) is 5.56 Å². The maximum atomic E-state index is 12.6. The Morgan fingerprint density at radius 2 is 1.88 bits per heavy atom. The van der Waals surface area contributed by atoms with Crippen LogP contribution in [0.15, 0.2) is 42.7 Å². The van der Waals surface area contributed by atoms with Crippen molar-refractivity contribution < 1.29 is 4.79 Å². The van der Waals surface area contributed by atoms with Gasteiger partial charge in [0.2, 0.25) is 5.13 Å². The molecule has 130 valence electrons. The summed E-state index contributed by atoms with van der Waals surface area (Å²) in [6.07, 6.45) is 3.43. The first-order valence-electron chi connectivity index (χ1n) is 8.29. The van der Waals surface area contributed by atoms with E-state index in [2.05, 4.69) is 60.2 Å². The number of aromatic amines is 1. The van der Waals surface area contributed by atoms with Crippen molar-refractivity contribution in [2.24, 2.45) is 0 Å². The van der Waals surface area contributed by atoms with Crippen molar-refractivity contribution >= 4 is 22.4 Å². The normalized spacial score (nSPS) is 11.5. The molecule has 2 aromatic heterocycles. The molecule has 0 unspecified atom stereocenters. The maximum absolute atomic E-state index is 12.6. The number of anilines is 1. The second-order valence-corrected chi connectivity index (χ2v) is 7.82. The van der Waals surface area contributed by atoms with Crippen molar-refractivity contribution in [1.29, 1.82) is 0 Å². The molecule has 2 heterocycles. The van der Waals surface area contributed by atoms with E-state index >= 15 is 0 Å². The highest BCUT2D eigenvalue weighted by atomic mass is 32.1. The van der Waals surface area contributed by atoms with E-state index in [-0.39, 0.29) is 11.3 Å². The maximum Gasteiger partial charge on any atom is 0.261 e. The summed E-state index contributed by atoms with van der Waals surface area (Å²) in [5.74, 6) is -0.0745. The Hall–Kier alpha value is -2.47. The number of hydrogen-bond acceptors (Lipinski definition) is 4. The lowest BCUT2D eigenvalue weighted by Gasteiger charge is -2.18. The summed E-state index contributed by atoms with van der Waals surface area (Å²) in [7, 11) is 0. The van der Waals surface area contributed by atoms with Crippen molar-refractivity contribution in [3.8, 4) is 10.6 Å². The molecule has 0 aliphatic carbocycles. The lowest BCUT2D eigenvalue weighted by molar-refractivity contribution is 0.0988. The van der Waals surface area contributed by atoms with E-state index < -0.39 is 0 Å². The van der Waals surface area contributed by atoms with Gasteiger partial charge in [-0.2, -0.15) is 0 Å². The number of H-pyrrole nitrogens is 1. The molecule has 0 atom stereocenters. The first-order valence-corrected chi connectivity index (χ1v) is 9.11. The Morgan fingerprint density at radius 3 is 2.44 bits per heavy atom. The van der Waals surface area contributed by atoms with Crippen molar-refractivity contribution in [1.82, 2.24) is 15.2 Å². The van der Waals surface area contributed by atoms with Crippen LogP contribution in [0.5, 0.6) is 0 Å². The fraction of sp³-hybridized carbons (Fsp3) is 0.316. The third-order valence-corrected chi connectivity index (χ3v) is 5.04. The van der Waals surface area contributed by atoms with Crippen molar-refractivity contribution in [2.75, 3.05) is 11.4 Å². The molecule has 1 N–H and O–H groups in total. The van der Waals surface area contributed by atoms with Crippen LogP contribution in [-0.4, -0.2) is 27.6 Å². The summed E-state index contributed by atoms with van der Waals surface area (Å²) in [6.45, 7) is 9.05. The molecular weight excluding hydrogens is 332 g/mol. The predicted molar refractivity (Wildman–Crippen MR) is 102 cm³/mol. The number of rotatable bonds is 4. The molecule has 25 heavy (non-hydrogen) atoms. The van der Waals surface area contributed by atoms with Crippen LogP contribution in [0.25, 0.3) is 10.6 Å². The first-order chi connectivity index (χ1) is 11.9. The van der Waals surface area contributed by atoms with E-state index in [0.717, 1.165) is 10.6 Å².